The van der Waals surface area contributed by atoms with E-state index in [9.17, 15) is 9.59 Å². The van der Waals surface area contributed by atoms with Crippen molar-refractivity contribution < 1.29 is 9.59 Å². The molecule has 2 fully saturated rings. The maximum Gasteiger partial charge on any atom is 0.229 e. The summed E-state index contributed by atoms with van der Waals surface area (Å²) in [6, 6.07) is 15.8. The number of anilines is 3. The standard InChI is InChI=1S/C23H28N4O2/c1-17-4-3-5-21(14-17)27-16-18(15-22(27)28)23(29)24-19-6-8-20(9-7-19)26-12-10-25(2)11-13-26/h3-9,14,18H,10-13,15-16H2,1-2H3,(H,24,29). The molecule has 0 spiro atoms. The SMILES string of the molecule is Cc1cccc(N2CC(C(=O)Nc3ccc(N4CCN(C)CC4)cc3)CC2=O)c1. The van der Waals surface area contributed by atoms with Gasteiger partial charge in [-0.3, -0.25) is 9.59 Å². The van der Waals surface area contributed by atoms with E-state index in [1.165, 1.54) is 5.69 Å². The Balaban J connectivity index is 1.36. The largest absolute Gasteiger partial charge is 0.369 e. The first-order valence-corrected chi connectivity index (χ1v) is 10.2. The molecule has 0 aliphatic carbocycles. The van der Waals surface area contributed by atoms with Crippen molar-refractivity contribution in [3.63, 3.8) is 0 Å². The van der Waals surface area contributed by atoms with Gasteiger partial charge in [-0.1, -0.05) is 12.1 Å². The highest BCUT2D eigenvalue weighted by atomic mass is 16.2. The van der Waals surface area contributed by atoms with Crippen LogP contribution in [0.25, 0.3) is 0 Å². The van der Waals surface area contributed by atoms with Crippen LogP contribution in [-0.4, -0.2) is 56.5 Å². The minimum absolute atomic E-state index is 0.00108. The van der Waals surface area contributed by atoms with Gasteiger partial charge in [-0.2, -0.15) is 0 Å². The van der Waals surface area contributed by atoms with Crippen LogP contribution in [0.3, 0.4) is 0 Å². The van der Waals surface area contributed by atoms with Crippen molar-refractivity contribution in [2.45, 2.75) is 13.3 Å². The molecule has 0 radical (unpaired) electrons. The number of hydrogen-bond acceptors (Lipinski definition) is 4. The molecule has 1 unspecified atom stereocenters. The first-order valence-electron chi connectivity index (χ1n) is 10.2. The summed E-state index contributed by atoms with van der Waals surface area (Å²) in [4.78, 5) is 31.6. The quantitative estimate of drug-likeness (QED) is 0.869. The van der Waals surface area contributed by atoms with Crippen LogP contribution >= 0.6 is 0 Å². The van der Waals surface area contributed by atoms with Crippen molar-refractivity contribution in [2.75, 3.05) is 54.9 Å². The fraction of sp³-hybridized carbons (Fsp3) is 0.391. The van der Waals surface area contributed by atoms with Crippen LogP contribution in [0.2, 0.25) is 0 Å². The first-order chi connectivity index (χ1) is 14.0. The Hall–Kier alpha value is -2.86. The average Bonchev–Trinajstić information content (AvgIpc) is 3.11. The second kappa shape index (κ2) is 8.25. The third-order valence-electron chi connectivity index (χ3n) is 5.81. The van der Waals surface area contributed by atoms with Crippen molar-refractivity contribution in [3.8, 4) is 0 Å². The van der Waals surface area contributed by atoms with Gasteiger partial charge in [0.15, 0.2) is 0 Å². The molecule has 4 rings (SSSR count). The summed E-state index contributed by atoms with van der Waals surface area (Å²) in [6.45, 7) is 6.58. The lowest BCUT2D eigenvalue weighted by atomic mass is 10.1. The molecule has 152 valence electrons. The van der Waals surface area contributed by atoms with Crippen LogP contribution in [0.1, 0.15) is 12.0 Å². The second-order valence-electron chi connectivity index (χ2n) is 8.07. The zero-order valence-corrected chi connectivity index (χ0v) is 17.1. The van der Waals surface area contributed by atoms with Gasteiger partial charge in [-0.25, -0.2) is 0 Å². The van der Waals surface area contributed by atoms with Crippen LogP contribution in [0, 0.1) is 12.8 Å². The van der Waals surface area contributed by atoms with Crippen molar-refractivity contribution in [2.24, 2.45) is 5.92 Å². The average molecular weight is 393 g/mol. The third-order valence-corrected chi connectivity index (χ3v) is 5.81. The summed E-state index contributed by atoms with van der Waals surface area (Å²) < 4.78 is 0. The number of carbonyl (C=O) groups is 2. The van der Waals surface area contributed by atoms with E-state index < -0.39 is 0 Å². The highest BCUT2D eigenvalue weighted by molar-refractivity contribution is 6.03. The highest BCUT2D eigenvalue weighted by Crippen LogP contribution is 2.27. The van der Waals surface area contributed by atoms with Crippen molar-refractivity contribution >= 4 is 28.9 Å². The molecule has 2 aliphatic heterocycles. The fourth-order valence-electron chi connectivity index (χ4n) is 3.99. The van der Waals surface area contributed by atoms with E-state index in [-0.39, 0.29) is 24.2 Å². The number of amides is 2. The smallest absolute Gasteiger partial charge is 0.229 e. The molecule has 2 saturated heterocycles. The molecule has 2 heterocycles. The number of nitrogens with zero attached hydrogens (tertiary/aromatic N) is 3. The fourth-order valence-corrected chi connectivity index (χ4v) is 3.99. The molecule has 2 amide bonds. The van der Waals surface area contributed by atoms with E-state index >= 15 is 0 Å². The Kier molecular flexibility index (Phi) is 5.53. The van der Waals surface area contributed by atoms with E-state index in [0.29, 0.717) is 6.54 Å². The molecular formula is C23H28N4O2. The van der Waals surface area contributed by atoms with Gasteiger partial charge in [-0.05, 0) is 55.9 Å². The number of hydrogen-bond donors (Lipinski definition) is 1. The lowest BCUT2D eigenvalue weighted by molar-refractivity contribution is -0.122. The predicted octanol–water partition coefficient (Wildman–Crippen LogP) is 2.74. The molecule has 0 bridgehead atoms. The molecule has 2 aliphatic rings. The molecule has 6 heteroatoms. The molecular weight excluding hydrogens is 364 g/mol. The number of rotatable bonds is 4. The highest BCUT2D eigenvalue weighted by Gasteiger charge is 2.35. The Morgan fingerprint density at radius 3 is 2.41 bits per heavy atom. The lowest BCUT2D eigenvalue weighted by Crippen LogP contribution is -2.44. The minimum atomic E-state index is -0.333. The van der Waals surface area contributed by atoms with Gasteiger partial charge in [0, 0.05) is 56.2 Å². The van der Waals surface area contributed by atoms with E-state index in [1.54, 1.807) is 4.90 Å². The summed E-state index contributed by atoms with van der Waals surface area (Å²) in [6.07, 6.45) is 0.249. The molecule has 0 aromatic heterocycles. The summed E-state index contributed by atoms with van der Waals surface area (Å²) >= 11 is 0. The number of piperazine rings is 1. The first kappa shape index (κ1) is 19.5. The minimum Gasteiger partial charge on any atom is -0.369 e. The van der Waals surface area contributed by atoms with Gasteiger partial charge >= 0.3 is 0 Å². The summed E-state index contributed by atoms with van der Waals surface area (Å²) in [7, 11) is 2.14. The van der Waals surface area contributed by atoms with Crippen LogP contribution in [0.4, 0.5) is 17.1 Å². The van der Waals surface area contributed by atoms with E-state index in [4.69, 9.17) is 0 Å². The van der Waals surface area contributed by atoms with Gasteiger partial charge in [0.05, 0.1) is 5.92 Å². The summed E-state index contributed by atoms with van der Waals surface area (Å²) in [5.74, 6) is -0.428. The van der Waals surface area contributed by atoms with Gasteiger partial charge in [0.1, 0.15) is 0 Å². The molecule has 1 N–H and O–H groups in total. The predicted molar refractivity (Wildman–Crippen MR) is 116 cm³/mol. The summed E-state index contributed by atoms with van der Waals surface area (Å²) in [5, 5.41) is 2.98. The lowest BCUT2D eigenvalue weighted by Gasteiger charge is -2.34. The van der Waals surface area contributed by atoms with Gasteiger partial charge in [-0.15, -0.1) is 0 Å². The molecule has 1 atom stereocenters. The van der Waals surface area contributed by atoms with Crippen LogP contribution in [0.15, 0.2) is 48.5 Å². The number of benzene rings is 2. The zero-order chi connectivity index (χ0) is 20.4. The molecule has 0 saturated carbocycles. The van der Waals surface area contributed by atoms with E-state index in [1.807, 2.05) is 43.3 Å². The normalized spacial score (nSPS) is 20.2. The maximum absolute atomic E-state index is 12.7. The molecule has 2 aromatic rings. The van der Waals surface area contributed by atoms with Crippen LogP contribution in [-0.2, 0) is 9.59 Å². The Morgan fingerprint density at radius 2 is 1.72 bits per heavy atom. The van der Waals surface area contributed by atoms with Crippen molar-refractivity contribution in [1.29, 1.82) is 0 Å². The molecule has 2 aromatic carbocycles. The summed E-state index contributed by atoms with van der Waals surface area (Å²) in [5.41, 5.74) is 3.91. The molecule has 6 nitrogen and oxygen atoms in total. The number of nitrogens with one attached hydrogen (secondary N) is 1. The number of aryl methyl sites for hydroxylation is 1. The van der Waals surface area contributed by atoms with Crippen molar-refractivity contribution in [3.05, 3.63) is 54.1 Å². The van der Waals surface area contributed by atoms with Crippen LogP contribution < -0.4 is 15.1 Å². The van der Waals surface area contributed by atoms with Crippen LogP contribution in [0.5, 0.6) is 0 Å². The van der Waals surface area contributed by atoms with Gasteiger partial charge in [0.25, 0.3) is 0 Å². The Labute approximate surface area is 172 Å². The Bertz CT molecular complexity index is 888. The van der Waals surface area contributed by atoms with Crippen molar-refractivity contribution in [1.82, 2.24) is 4.90 Å². The third kappa shape index (κ3) is 4.43. The number of likely N-dealkylation sites (N-methyl/N-ethyl adjacent to an activating group) is 1. The monoisotopic (exact) mass is 392 g/mol. The van der Waals surface area contributed by atoms with Gasteiger partial charge in [0.2, 0.25) is 11.8 Å². The zero-order valence-electron chi connectivity index (χ0n) is 17.1. The van der Waals surface area contributed by atoms with E-state index in [0.717, 1.165) is 43.1 Å². The number of carbonyl (C=O) groups excluding carboxylic acids is 2. The Morgan fingerprint density at radius 1 is 1.00 bits per heavy atom. The van der Waals surface area contributed by atoms with Gasteiger partial charge < -0.3 is 20.0 Å². The topological polar surface area (TPSA) is 55.9 Å². The van der Waals surface area contributed by atoms with E-state index in [2.05, 4.69) is 34.3 Å². The maximum atomic E-state index is 12.7. The second-order valence-corrected chi connectivity index (χ2v) is 8.07. The molecule has 29 heavy (non-hydrogen) atoms.